The third kappa shape index (κ3) is 4.85. The molecule has 0 aromatic carbocycles. The molecule has 3 N–H and O–H groups in total. The number of aliphatic hydroxyl groups is 1. The fraction of sp³-hybridized carbons (Fsp3) is 0.448. The Kier molecular flexibility index (Phi) is 6.56. The molecule has 2 aliphatic heterocycles. The van der Waals surface area contributed by atoms with Crippen molar-refractivity contribution in [2.45, 2.75) is 44.4 Å². The second-order valence-electron chi connectivity index (χ2n) is 11.9. The quantitative estimate of drug-likeness (QED) is 0.295. The van der Waals surface area contributed by atoms with Gasteiger partial charge in [0, 0.05) is 31.0 Å². The smallest absolute Gasteiger partial charge is 0.251 e. The van der Waals surface area contributed by atoms with E-state index >= 15 is 0 Å². The largest absolute Gasteiger partial charge is 0.381 e. The van der Waals surface area contributed by atoms with E-state index < -0.39 is 5.60 Å². The van der Waals surface area contributed by atoms with Gasteiger partial charge in [0.15, 0.2) is 5.01 Å². The van der Waals surface area contributed by atoms with Gasteiger partial charge in [0.05, 0.1) is 53.5 Å². The summed E-state index contributed by atoms with van der Waals surface area (Å²) in [5, 5.41) is 41.2. The Balaban J connectivity index is 1.15. The zero-order valence-corrected chi connectivity index (χ0v) is 24.1. The van der Waals surface area contributed by atoms with Gasteiger partial charge < -0.3 is 25.4 Å². The summed E-state index contributed by atoms with van der Waals surface area (Å²) in [6.07, 6.45) is 5.45. The first kappa shape index (κ1) is 26.8. The number of carbonyl (C=O) groups is 1. The van der Waals surface area contributed by atoms with Crippen molar-refractivity contribution in [3.8, 4) is 28.0 Å². The second kappa shape index (κ2) is 10.3. The molecule has 1 amide bonds. The number of anilines is 2. The summed E-state index contributed by atoms with van der Waals surface area (Å²) in [7, 11) is 0. The molecule has 6 heterocycles. The van der Waals surface area contributed by atoms with Crippen molar-refractivity contribution in [1.82, 2.24) is 30.1 Å². The van der Waals surface area contributed by atoms with E-state index in [2.05, 4.69) is 36.9 Å². The Morgan fingerprint density at radius 2 is 1.95 bits per heavy atom. The van der Waals surface area contributed by atoms with Crippen LogP contribution >= 0.6 is 11.3 Å². The van der Waals surface area contributed by atoms with Gasteiger partial charge in [-0.1, -0.05) is 11.3 Å². The Bertz CT molecular complexity index is 1690. The van der Waals surface area contributed by atoms with Gasteiger partial charge in [0.25, 0.3) is 5.91 Å². The van der Waals surface area contributed by atoms with Gasteiger partial charge in [-0.2, -0.15) is 10.4 Å². The maximum absolute atomic E-state index is 12.5. The molecule has 1 saturated carbocycles. The lowest BCUT2D eigenvalue weighted by Crippen LogP contribution is -2.56. The van der Waals surface area contributed by atoms with E-state index in [-0.39, 0.29) is 18.0 Å². The highest BCUT2D eigenvalue weighted by atomic mass is 32.1. The molecule has 4 aromatic heterocycles. The predicted molar refractivity (Wildman–Crippen MR) is 157 cm³/mol. The lowest BCUT2D eigenvalue weighted by Gasteiger charge is -2.38. The molecule has 0 unspecified atom stereocenters. The van der Waals surface area contributed by atoms with E-state index in [1.54, 1.807) is 16.8 Å². The van der Waals surface area contributed by atoms with Crippen LogP contribution in [-0.2, 0) is 9.53 Å². The van der Waals surface area contributed by atoms with Crippen LogP contribution in [-0.4, -0.2) is 79.8 Å². The number of aromatic nitrogens is 5. The zero-order valence-electron chi connectivity index (χ0n) is 23.3. The number of amides is 1. The fourth-order valence-electron chi connectivity index (χ4n) is 6.07. The van der Waals surface area contributed by atoms with Crippen molar-refractivity contribution < 1.29 is 14.6 Å². The van der Waals surface area contributed by atoms with Crippen LogP contribution in [0.3, 0.4) is 0 Å². The number of nitriles is 1. The average molecular weight is 586 g/mol. The summed E-state index contributed by atoms with van der Waals surface area (Å²) in [6, 6.07) is 10.1. The van der Waals surface area contributed by atoms with Crippen LogP contribution < -0.4 is 15.5 Å². The molecule has 0 radical (unpaired) electrons. The van der Waals surface area contributed by atoms with Crippen LogP contribution in [0, 0.1) is 23.2 Å². The highest BCUT2D eigenvalue weighted by Crippen LogP contribution is 2.41. The molecule has 13 heteroatoms. The molecule has 2 bridgehead atoms. The number of piperidine rings is 1. The fourth-order valence-corrected chi connectivity index (χ4v) is 6.96. The van der Waals surface area contributed by atoms with Crippen LogP contribution in [0.25, 0.3) is 27.5 Å². The summed E-state index contributed by atoms with van der Waals surface area (Å²) in [5.41, 5.74) is 3.27. The number of carbonyl (C=O) groups excluding carboxylic acids is 1. The Labute approximate surface area is 246 Å². The van der Waals surface area contributed by atoms with Crippen molar-refractivity contribution in [2.75, 3.05) is 36.5 Å². The normalized spacial score (nSPS) is 22.1. The van der Waals surface area contributed by atoms with Crippen molar-refractivity contribution in [1.29, 1.82) is 5.26 Å². The highest BCUT2D eigenvalue weighted by molar-refractivity contribution is 7.18. The van der Waals surface area contributed by atoms with Crippen LogP contribution in [0.2, 0.25) is 0 Å². The summed E-state index contributed by atoms with van der Waals surface area (Å²) >= 11 is 1.54. The van der Waals surface area contributed by atoms with Crippen LogP contribution in [0.5, 0.6) is 0 Å². The van der Waals surface area contributed by atoms with Gasteiger partial charge in [-0.25, -0.2) is 4.52 Å². The number of fused-ring (bicyclic) bond motifs is 3. The van der Waals surface area contributed by atoms with Crippen LogP contribution in [0.15, 0.2) is 36.7 Å². The van der Waals surface area contributed by atoms with Crippen LogP contribution in [0.1, 0.15) is 32.3 Å². The molecule has 0 spiro atoms. The third-order valence-electron chi connectivity index (χ3n) is 8.40. The van der Waals surface area contributed by atoms with Crippen molar-refractivity contribution in [3.63, 3.8) is 0 Å². The first-order valence-corrected chi connectivity index (χ1v) is 14.9. The van der Waals surface area contributed by atoms with Crippen molar-refractivity contribution >= 4 is 33.6 Å². The van der Waals surface area contributed by atoms with E-state index in [0.29, 0.717) is 30.6 Å². The summed E-state index contributed by atoms with van der Waals surface area (Å²) < 4.78 is 7.19. The standard InChI is InChI=1S/C29H31N9O3S/c1-29(2,40)27(39)34-25-17-3-4-18(25)13-37(12-17)28-36-35-26(42-28)21-11-31-23(8-22(21)33-19-14-41-15-19)24-6-5-20-7-16(9-30)10-32-38(20)24/h5-8,10-11,17-19,25,40H,3-4,12-15H2,1-2H3,(H,31,33)(H,34,39)/t17-,18+,25-. The van der Waals surface area contributed by atoms with Crippen molar-refractivity contribution in [2.24, 2.45) is 11.8 Å². The lowest BCUT2D eigenvalue weighted by atomic mass is 9.91. The molecule has 3 atom stereocenters. The number of hydrogen-bond acceptors (Lipinski definition) is 11. The molecule has 3 aliphatic rings. The van der Waals surface area contributed by atoms with Gasteiger partial charge in [0.2, 0.25) is 5.13 Å². The van der Waals surface area contributed by atoms with Crippen molar-refractivity contribution in [3.05, 3.63) is 42.2 Å². The van der Waals surface area contributed by atoms with Gasteiger partial charge in [-0.05, 0) is 62.8 Å². The molecule has 1 aliphatic carbocycles. The number of rotatable bonds is 7. The second-order valence-corrected chi connectivity index (χ2v) is 12.8. The van der Waals surface area contributed by atoms with Gasteiger partial charge >= 0.3 is 0 Å². The first-order valence-electron chi connectivity index (χ1n) is 14.1. The molecule has 42 heavy (non-hydrogen) atoms. The molecular weight excluding hydrogens is 554 g/mol. The van der Waals surface area contributed by atoms with E-state index in [1.165, 1.54) is 25.2 Å². The summed E-state index contributed by atoms with van der Waals surface area (Å²) in [4.78, 5) is 19.5. The molecule has 12 nitrogen and oxygen atoms in total. The minimum Gasteiger partial charge on any atom is -0.381 e. The van der Waals surface area contributed by atoms with E-state index in [0.717, 1.165) is 64.2 Å². The summed E-state index contributed by atoms with van der Waals surface area (Å²) in [6.45, 7) is 5.87. The molecule has 7 rings (SSSR count). The molecule has 216 valence electrons. The van der Waals surface area contributed by atoms with Gasteiger partial charge in [-0.15, -0.1) is 10.2 Å². The van der Waals surface area contributed by atoms with Gasteiger partial charge in [0.1, 0.15) is 11.7 Å². The van der Waals surface area contributed by atoms with E-state index in [1.807, 2.05) is 24.4 Å². The SMILES string of the molecule is CC(C)(O)C(=O)N[C@@H]1[C@@H]2CC[C@H]1CN(c1nnc(-c3cnc(-c4ccc5cc(C#N)cnn45)cc3NC3COC3)s1)C2. The maximum atomic E-state index is 12.5. The van der Waals surface area contributed by atoms with E-state index in [9.17, 15) is 15.2 Å². The minimum atomic E-state index is -1.39. The van der Waals surface area contributed by atoms with E-state index in [4.69, 9.17) is 9.72 Å². The maximum Gasteiger partial charge on any atom is 0.251 e. The first-order chi connectivity index (χ1) is 20.3. The molecule has 2 saturated heterocycles. The average Bonchev–Trinajstić information content (AvgIpc) is 3.66. The lowest BCUT2D eigenvalue weighted by molar-refractivity contribution is -0.137. The number of nitrogens with zero attached hydrogens (tertiary/aromatic N) is 7. The number of hydrogen-bond donors (Lipinski definition) is 3. The van der Waals surface area contributed by atoms with Crippen LogP contribution in [0.4, 0.5) is 10.8 Å². The molecule has 4 aromatic rings. The molecule has 3 fully saturated rings. The Morgan fingerprint density at radius 1 is 1.17 bits per heavy atom. The Hall–Kier alpha value is -4.12. The monoisotopic (exact) mass is 585 g/mol. The predicted octanol–water partition coefficient (Wildman–Crippen LogP) is 2.70. The number of nitrogens with one attached hydrogen (secondary N) is 2. The minimum absolute atomic E-state index is 0.0657. The zero-order chi connectivity index (χ0) is 29.0. The molecular formula is C29H31N9O3S. The number of ether oxygens (including phenoxy) is 1. The summed E-state index contributed by atoms with van der Waals surface area (Å²) in [5.74, 6) is 0.280. The Morgan fingerprint density at radius 3 is 2.64 bits per heavy atom. The number of pyridine rings is 1. The highest BCUT2D eigenvalue weighted by Gasteiger charge is 2.44. The topological polar surface area (TPSA) is 154 Å². The van der Waals surface area contributed by atoms with Gasteiger partial charge in [-0.3, -0.25) is 9.78 Å². The third-order valence-corrected chi connectivity index (χ3v) is 9.41.